The molecule has 12 heteroatoms. The van der Waals surface area contributed by atoms with E-state index < -0.39 is 24.2 Å². The highest BCUT2D eigenvalue weighted by Gasteiger charge is 2.53. The van der Waals surface area contributed by atoms with E-state index in [1.54, 1.807) is 0 Å². The topological polar surface area (TPSA) is 116 Å². The lowest BCUT2D eigenvalue weighted by molar-refractivity contribution is 1.07. The van der Waals surface area contributed by atoms with Crippen molar-refractivity contribution in [2.45, 2.75) is 0 Å². The van der Waals surface area contributed by atoms with Gasteiger partial charge in [-0.05, 0) is 152 Å². The van der Waals surface area contributed by atoms with E-state index >= 15 is 0 Å². The Hall–Kier alpha value is -17.9. The highest BCUT2D eigenvalue weighted by molar-refractivity contribution is 7.24. The second-order valence-corrected chi connectivity index (χ2v) is 47.2. The SMILES string of the molecule is c1ccc(-c2nc(-c3ccc4c(c3)-c3ccccc3[Si]4(c3ccccc3)c3ccccc3)nc(-c3ccc4ccccc4c3)n2)cc1.c1ccc(-c2nc(-c3ccc4c(c3)[Si](c3ccccc3)(c3ccccc3)c3ccccc3-4)nc(-c3ccc4ccccc4c3)n2)cc1.c1ccc(-c2nc(-c3ccc4ccccc4c3)nc(-c3cccc4c3[Si](c3ccccc3)(c3ccccc3)c3ccccc3-4)n2)cc1. The minimum Gasteiger partial charge on any atom is -0.208 e. The smallest absolute Gasteiger partial charge is 0.181 e. The van der Waals surface area contributed by atoms with Gasteiger partial charge in [-0.2, -0.15) is 0 Å². The van der Waals surface area contributed by atoms with Crippen LogP contribution in [0.15, 0.2) is 528 Å². The molecule has 0 fully saturated rings. The first-order valence-corrected chi connectivity index (χ1v) is 53.9. The molecule has 3 aromatic heterocycles. The maximum atomic E-state index is 5.30. The summed E-state index contributed by atoms with van der Waals surface area (Å²) in [6.07, 6.45) is 0. The van der Waals surface area contributed by atoms with E-state index in [2.05, 4.69) is 473 Å². The molecule has 9 nitrogen and oxygen atoms in total. The summed E-state index contributed by atoms with van der Waals surface area (Å²) in [7, 11) is -7.99. The second kappa shape index (κ2) is 36.3. The van der Waals surface area contributed by atoms with Crippen molar-refractivity contribution in [1.82, 2.24) is 44.9 Å². The number of fused-ring (bicyclic) bond motifs is 12. The summed E-state index contributed by atoms with van der Waals surface area (Å²) in [5, 5.41) is 23.6. The zero-order valence-corrected chi connectivity index (χ0v) is 79.8. The molecule has 0 saturated carbocycles. The van der Waals surface area contributed by atoms with Gasteiger partial charge in [0.1, 0.15) is 0 Å². The van der Waals surface area contributed by atoms with Crippen molar-refractivity contribution < 1.29 is 0 Å². The molecule has 660 valence electrons. The molecule has 0 saturated heterocycles. The fourth-order valence-electron chi connectivity index (χ4n) is 21.9. The summed E-state index contributed by atoms with van der Waals surface area (Å²) in [5.74, 6) is 6.02. The van der Waals surface area contributed by atoms with Crippen LogP contribution in [0.2, 0.25) is 0 Å². The predicted octanol–water partition coefficient (Wildman–Crippen LogP) is 22.2. The summed E-state index contributed by atoms with van der Waals surface area (Å²) in [6, 6.07) is 189. The lowest BCUT2D eigenvalue weighted by atomic mass is 10.0. The third-order valence-electron chi connectivity index (χ3n) is 28.2. The summed E-state index contributed by atoms with van der Waals surface area (Å²) >= 11 is 0. The standard InChI is InChI=1S/3C43H29N3Si/c1-4-16-31(17-5-1)41-44-42(33-28-27-30-15-10-11-18-32(30)29-33)46-43(45-41)38-25-14-24-37-36-23-12-13-26-39(36)47(40(37)38,34-19-6-2-7-20-34)35-21-8-3-9-22-35;1-4-15-31(16-5-1)41-44-42(33-25-24-30-14-10-11-17-32(30)28-33)46-43(45-41)34-26-27-40-38(29-34)37-22-12-13-23-39(37)47(40,35-18-6-2-7-19-35)36-20-8-3-9-21-36;1-4-15-31(16-5-1)41-44-42(33-25-24-30-14-10-11-17-32(30)28-33)46-43(45-41)34-26-27-38-37-22-12-13-23-39(37)47(40(38)29-34,35-18-6-2-7-19-35)36-20-8-3-9-21-36/h3*1-29H. The monoisotopic (exact) mass is 1850 g/mol. The lowest BCUT2D eigenvalue weighted by Gasteiger charge is -2.32. The summed E-state index contributed by atoms with van der Waals surface area (Å²) in [6.45, 7) is 0. The van der Waals surface area contributed by atoms with Gasteiger partial charge < -0.3 is 0 Å². The minimum absolute atomic E-state index is 0.664. The van der Waals surface area contributed by atoms with Crippen LogP contribution in [0.4, 0.5) is 0 Å². The van der Waals surface area contributed by atoms with Gasteiger partial charge in [0.2, 0.25) is 0 Å². The van der Waals surface area contributed by atoms with Crippen molar-refractivity contribution in [2.24, 2.45) is 0 Å². The Bertz CT molecular complexity index is 8730. The Morgan fingerprint density at radius 3 is 0.709 bits per heavy atom. The lowest BCUT2D eigenvalue weighted by Crippen LogP contribution is -2.73. The first kappa shape index (κ1) is 84.8. The third kappa shape index (κ3) is 15.0. The number of hydrogen-bond donors (Lipinski definition) is 0. The first-order valence-electron chi connectivity index (χ1n) is 47.9. The number of nitrogens with zero attached hydrogens (tertiary/aromatic N) is 9. The molecule has 0 amide bonds. The quantitative estimate of drug-likeness (QED) is 0.0925. The Morgan fingerprint density at radius 1 is 0.113 bits per heavy atom. The van der Waals surface area contributed by atoms with Crippen LogP contribution >= 0.6 is 0 Å². The van der Waals surface area contributed by atoms with Gasteiger partial charge in [-0.3, -0.25) is 0 Å². The van der Waals surface area contributed by atoms with Crippen LogP contribution in [0.3, 0.4) is 0 Å². The van der Waals surface area contributed by atoms with E-state index in [4.69, 9.17) is 44.9 Å². The van der Waals surface area contributed by atoms with Crippen LogP contribution in [-0.4, -0.2) is 69.1 Å². The van der Waals surface area contributed by atoms with Crippen LogP contribution < -0.4 is 62.2 Å². The van der Waals surface area contributed by atoms with E-state index in [9.17, 15) is 0 Å². The molecule has 0 spiro atoms. The molecule has 141 heavy (non-hydrogen) atoms. The maximum absolute atomic E-state index is 5.30. The van der Waals surface area contributed by atoms with Crippen molar-refractivity contribution in [3.8, 4) is 136 Å². The fourth-order valence-corrected chi connectivity index (χ4v) is 37.6. The highest BCUT2D eigenvalue weighted by Crippen LogP contribution is 2.40. The Balaban J connectivity index is 0.000000111. The zero-order valence-electron chi connectivity index (χ0n) is 76.8. The fraction of sp³-hybridized carbons (Fsp3) is 0. The Labute approximate surface area is 821 Å². The van der Waals surface area contributed by atoms with Gasteiger partial charge in [0.25, 0.3) is 0 Å². The molecule has 0 atom stereocenters. The Morgan fingerprint density at radius 2 is 0.340 bits per heavy atom. The number of rotatable bonds is 15. The average Bonchev–Trinajstić information content (AvgIpc) is 1.53. The molecule has 24 aromatic rings. The summed E-state index contributed by atoms with van der Waals surface area (Å²) in [5.41, 5.74) is 16.5. The van der Waals surface area contributed by atoms with E-state index in [-0.39, 0.29) is 0 Å². The van der Waals surface area contributed by atoms with Crippen molar-refractivity contribution in [2.75, 3.05) is 0 Å². The highest BCUT2D eigenvalue weighted by atomic mass is 28.3. The molecule has 21 aromatic carbocycles. The van der Waals surface area contributed by atoms with Gasteiger partial charge >= 0.3 is 0 Å². The van der Waals surface area contributed by atoms with E-state index in [0.717, 1.165) is 66.2 Å². The minimum atomic E-state index is -2.78. The van der Waals surface area contributed by atoms with Gasteiger partial charge in [-0.15, -0.1) is 0 Å². The number of aromatic nitrogens is 9. The van der Waals surface area contributed by atoms with Crippen LogP contribution in [0.25, 0.3) is 168 Å². The molecule has 27 rings (SSSR count). The van der Waals surface area contributed by atoms with Crippen molar-refractivity contribution in [3.05, 3.63) is 528 Å². The average molecular weight is 1850 g/mol. The van der Waals surface area contributed by atoms with Crippen molar-refractivity contribution in [1.29, 1.82) is 0 Å². The molecule has 6 heterocycles. The van der Waals surface area contributed by atoms with Crippen LogP contribution in [0, 0.1) is 0 Å². The maximum Gasteiger partial charge on any atom is 0.181 e. The van der Waals surface area contributed by atoms with Crippen LogP contribution in [0.1, 0.15) is 0 Å². The van der Waals surface area contributed by atoms with Crippen molar-refractivity contribution >= 4 is 119 Å². The van der Waals surface area contributed by atoms with E-state index in [1.807, 2.05) is 54.6 Å². The van der Waals surface area contributed by atoms with Crippen LogP contribution in [-0.2, 0) is 0 Å². The first-order chi connectivity index (χ1) is 69.9. The molecule has 0 bridgehead atoms. The molecular formula is C129H87N9Si3. The molecule has 3 aliphatic rings. The molecule has 3 aliphatic heterocycles. The van der Waals surface area contributed by atoms with Gasteiger partial charge in [0.05, 0.1) is 0 Å². The molecule has 0 radical (unpaired) electrons. The normalized spacial score (nSPS) is 12.9. The van der Waals surface area contributed by atoms with Gasteiger partial charge in [-0.25, -0.2) is 44.9 Å². The van der Waals surface area contributed by atoms with Crippen LogP contribution in [0.5, 0.6) is 0 Å². The summed E-state index contributed by atoms with van der Waals surface area (Å²) in [4.78, 5) is 46.2. The molecular weight excluding hydrogens is 1760 g/mol. The van der Waals surface area contributed by atoms with Gasteiger partial charge in [-0.1, -0.05) is 504 Å². The van der Waals surface area contributed by atoms with Gasteiger partial charge in [0.15, 0.2) is 76.6 Å². The second-order valence-electron chi connectivity index (χ2n) is 36.0. The third-order valence-corrected chi connectivity index (χ3v) is 42.9. The predicted molar refractivity (Wildman–Crippen MR) is 589 cm³/mol. The summed E-state index contributed by atoms with van der Waals surface area (Å²) < 4.78 is 0. The Kier molecular flexibility index (Phi) is 21.8. The van der Waals surface area contributed by atoms with E-state index in [1.165, 1.54) is 112 Å². The molecule has 0 aliphatic carbocycles. The zero-order chi connectivity index (χ0) is 93.6. The molecule has 0 unspecified atom stereocenters. The largest absolute Gasteiger partial charge is 0.208 e. The van der Waals surface area contributed by atoms with Crippen molar-refractivity contribution in [3.63, 3.8) is 0 Å². The molecule has 0 N–H and O–H groups in total. The number of hydrogen-bond acceptors (Lipinski definition) is 9. The van der Waals surface area contributed by atoms with Gasteiger partial charge in [0, 0.05) is 50.1 Å². The number of benzene rings is 21. The van der Waals surface area contributed by atoms with E-state index in [0.29, 0.717) is 52.4 Å².